The van der Waals surface area contributed by atoms with Gasteiger partial charge >= 0.3 is 0 Å². The minimum Gasteiger partial charge on any atom is -0.488 e. The SMILES string of the molecule is Cc1ccc(N2CCC3(CC2)CC(Oc2ccccc2)CO3)nn1. The van der Waals surface area contributed by atoms with E-state index < -0.39 is 0 Å². The molecule has 5 nitrogen and oxygen atoms in total. The van der Waals surface area contributed by atoms with E-state index in [9.17, 15) is 0 Å². The third kappa shape index (κ3) is 3.22. The van der Waals surface area contributed by atoms with Crippen molar-refractivity contribution in [1.82, 2.24) is 10.2 Å². The lowest BCUT2D eigenvalue weighted by Crippen LogP contribution is -2.44. The first-order valence-corrected chi connectivity index (χ1v) is 8.63. The standard InChI is InChI=1S/C19H23N3O2/c1-15-7-8-18(21-20-15)22-11-9-19(10-12-22)13-17(14-23-19)24-16-5-3-2-4-6-16/h2-8,17H,9-14H2,1H3. The molecule has 2 aliphatic rings. The van der Waals surface area contributed by atoms with Crippen LogP contribution >= 0.6 is 0 Å². The smallest absolute Gasteiger partial charge is 0.151 e. The molecule has 2 aliphatic heterocycles. The lowest BCUT2D eigenvalue weighted by molar-refractivity contribution is -0.0163. The summed E-state index contributed by atoms with van der Waals surface area (Å²) >= 11 is 0. The summed E-state index contributed by atoms with van der Waals surface area (Å²) < 4.78 is 12.2. The summed E-state index contributed by atoms with van der Waals surface area (Å²) in [6, 6.07) is 14.1. The van der Waals surface area contributed by atoms with Crippen molar-refractivity contribution in [3.8, 4) is 5.75 Å². The Bertz CT molecular complexity index is 667. The van der Waals surface area contributed by atoms with Gasteiger partial charge in [-0.3, -0.25) is 0 Å². The molecular formula is C19H23N3O2. The molecule has 0 bridgehead atoms. The molecule has 2 aromatic rings. The zero-order valence-electron chi connectivity index (χ0n) is 14.0. The Morgan fingerprint density at radius 3 is 2.58 bits per heavy atom. The van der Waals surface area contributed by atoms with Crippen LogP contribution in [0.3, 0.4) is 0 Å². The molecule has 4 rings (SSSR count). The highest BCUT2D eigenvalue weighted by molar-refractivity contribution is 5.38. The van der Waals surface area contributed by atoms with Crippen LogP contribution < -0.4 is 9.64 Å². The molecule has 2 fully saturated rings. The van der Waals surface area contributed by atoms with Crippen molar-refractivity contribution in [2.45, 2.75) is 37.9 Å². The average Bonchev–Trinajstić information content (AvgIpc) is 3.00. The second-order valence-corrected chi connectivity index (χ2v) is 6.77. The number of benzene rings is 1. The summed E-state index contributed by atoms with van der Waals surface area (Å²) in [5.41, 5.74) is 0.918. The number of piperidine rings is 1. The Morgan fingerprint density at radius 1 is 1.08 bits per heavy atom. The van der Waals surface area contributed by atoms with Crippen molar-refractivity contribution in [2.75, 3.05) is 24.6 Å². The summed E-state index contributed by atoms with van der Waals surface area (Å²) in [5.74, 6) is 1.89. The molecule has 0 N–H and O–H groups in total. The number of para-hydroxylation sites is 1. The van der Waals surface area contributed by atoms with Crippen LogP contribution in [-0.2, 0) is 4.74 Å². The van der Waals surface area contributed by atoms with E-state index in [1.807, 2.05) is 43.3 Å². The maximum atomic E-state index is 6.18. The van der Waals surface area contributed by atoms with Crippen molar-refractivity contribution >= 4 is 5.82 Å². The molecule has 1 atom stereocenters. The summed E-state index contributed by atoms with van der Waals surface area (Å²) in [7, 11) is 0. The lowest BCUT2D eigenvalue weighted by Gasteiger charge is -2.38. The highest BCUT2D eigenvalue weighted by atomic mass is 16.6. The van der Waals surface area contributed by atoms with Gasteiger partial charge in [-0.05, 0) is 44.0 Å². The second kappa shape index (κ2) is 6.40. The molecule has 0 radical (unpaired) electrons. The Hall–Kier alpha value is -2.14. The zero-order chi connectivity index (χ0) is 16.4. The number of hydrogen-bond acceptors (Lipinski definition) is 5. The van der Waals surface area contributed by atoms with E-state index >= 15 is 0 Å². The first-order chi connectivity index (χ1) is 11.7. The van der Waals surface area contributed by atoms with Crippen LogP contribution in [0.2, 0.25) is 0 Å². The van der Waals surface area contributed by atoms with E-state index in [2.05, 4.69) is 21.2 Å². The number of nitrogens with zero attached hydrogens (tertiary/aromatic N) is 3. The van der Waals surface area contributed by atoms with Gasteiger partial charge in [0.05, 0.1) is 17.9 Å². The van der Waals surface area contributed by atoms with Crippen LogP contribution in [0.5, 0.6) is 5.75 Å². The fourth-order valence-corrected chi connectivity index (χ4v) is 3.62. The third-order valence-electron chi connectivity index (χ3n) is 5.00. The molecule has 0 saturated carbocycles. The molecule has 5 heteroatoms. The quantitative estimate of drug-likeness (QED) is 0.868. The average molecular weight is 325 g/mol. The van der Waals surface area contributed by atoms with Crippen LogP contribution in [0.15, 0.2) is 42.5 Å². The fourth-order valence-electron chi connectivity index (χ4n) is 3.62. The van der Waals surface area contributed by atoms with E-state index in [0.717, 1.165) is 49.6 Å². The molecule has 0 amide bonds. The molecule has 24 heavy (non-hydrogen) atoms. The predicted molar refractivity (Wildman–Crippen MR) is 92.4 cm³/mol. The lowest BCUT2D eigenvalue weighted by atomic mass is 9.88. The maximum Gasteiger partial charge on any atom is 0.151 e. The summed E-state index contributed by atoms with van der Waals surface area (Å²) in [6.45, 7) is 4.55. The summed E-state index contributed by atoms with van der Waals surface area (Å²) in [4.78, 5) is 2.30. The van der Waals surface area contributed by atoms with E-state index in [4.69, 9.17) is 9.47 Å². The van der Waals surface area contributed by atoms with E-state index in [1.54, 1.807) is 0 Å². The predicted octanol–water partition coefficient (Wildman–Crippen LogP) is 2.99. The zero-order valence-corrected chi connectivity index (χ0v) is 14.0. The van der Waals surface area contributed by atoms with Gasteiger partial charge in [-0.1, -0.05) is 18.2 Å². The highest BCUT2D eigenvalue weighted by Gasteiger charge is 2.43. The van der Waals surface area contributed by atoms with Gasteiger partial charge in [0.1, 0.15) is 11.9 Å². The topological polar surface area (TPSA) is 47.5 Å². The number of aryl methyl sites for hydroxylation is 1. The van der Waals surface area contributed by atoms with Gasteiger partial charge in [0.2, 0.25) is 0 Å². The van der Waals surface area contributed by atoms with Gasteiger partial charge in [-0.15, -0.1) is 5.10 Å². The minimum absolute atomic E-state index is 0.0337. The number of ether oxygens (including phenoxy) is 2. The normalized spacial score (nSPS) is 22.7. The van der Waals surface area contributed by atoms with Gasteiger partial charge in [-0.25, -0.2) is 0 Å². The Balaban J connectivity index is 1.34. The monoisotopic (exact) mass is 325 g/mol. The molecule has 0 aliphatic carbocycles. The van der Waals surface area contributed by atoms with Crippen molar-refractivity contribution in [3.05, 3.63) is 48.2 Å². The van der Waals surface area contributed by atoms with Gasteiger partial charge < -0.3 is 14.4 Å². The Labute approximate surface area is 142 Å². The largest absolute Gasteiger partial charge is 0.488 e. The van der Waals surface area contributed by atoms with E-state index in [1.165, 1.54) is 0 Å². The molecule has 3 heterocycles. The van der Waals surface area contributed by atoms with Gasteiger partial charge in [0.15, 0.2) is 5.82 Å². The second-order valence-electron chi connectivity index (χ2n) is 6.77. The van der Waals surface area contributed by atoms with Gasteiger partial charge in [-0.2, -0.15) is 5.10 Å². The Kier molecular flexibility index (Phi) is 4.10. The van der Waals surface area contributed by atoms with E-state index in [0.29, 0.717) is 6.61 Å². The Morgan fingerprint density at radius 2 is 1.88 bits per heavy atom. The molecule has 1 unspecified atom stereocenters. The van der Waals surface area contributed by atoms with Crippen LogP contribution in [0.4, 0.5) is 5.82 Å². The molecular weight excluding hydrogens is 302 g/mol. The summed E-state index contributed by atoms with van der Waals surface area (Å²) in [6.07, 6.45) is 3.14. The maximum absolute atomic E-state index is 6.18. The molecule has 126 valence electrons. The minimum atomic E-state index is -0.0337. The molecule has 1 aromatic heterocycles. The van der Waals surface area contributed by atoms with E-state index in [-0.39, 0.29) is 11.7 Å². The first kappa shape index (κ1) is 15.4. The van der Waals surface area contributed by atoms with Crippen molar-refractivity contribution in [2.24, 2.45) is 0 Å². The van der Waals surface area contributed by atoms with Gasteiger partial charge in [0.25, 0.3) is 0 Å². The fraction of sp³-hybridized carbons (Fsp3) is 0.474. The molecule has 2 saturated heterocycles. The molecule has 1 aromatic carbocycles. The number of aromatic nitrogens is 2. The van der Waals surface area contributed by atoms with Crippen LogP contribution in [0.1, 0.15) is 25.0 Å². The first-order valence-electron chi connectivity index (χ1n) is 8.63. The third-order valence-corrected chi connectivity index (χ3v) is 5.00. The van der Waals surface area contributed by atoms with Gasteiger partial charge in [0, 0.05) is 19.5 Å². The van der Waals surface area contributed by atoms with Crippen LogP contribution in [0, 0.1) is 6.92 Å². The molecule has 1 spiro atoms. The van der Waals surface area contributed by atoms with Crippen molar-refractivity contribution in [3.63, 3.8) is 0 Å². The van der Waals surface area contributed by atoms with Crippen LogP contribution in [0.25, 0.3) is 0 Å². The van der Waals surface area contributed by atoms with Crippen molar-refractivity contribution in [1.29, 1.82) is 0 Å². The summed E-state index contributed by atoms with van der Waals surface area (Å²) in [5, 5.41) is 8.46. The van der Waals surface area contributed by atoms with Crippen molar-refractivity contribution < 1.29 is 9.47 Å². The number of hydrogen-bond donors (Lipinski definition) is 0. The highest BCUT2D eigenvalue weighted by Crippen LogP contribution is 2.38. The number of anilines is 1. The number of rotatable bonds is 3. The van der Waals surface area contributed by atoms with Crippen LogP contribution in [-0.4, -0.2) is 41.6 Å².